The van der Waals surface area contributed by atoms with Gasteiger partial charge >= 0.3 is 12.0 Å². The number of aromatic nitrogens is 1. The van der Waals surface area contributed by atoms with Crippen molar-refractivity contribution in [3.8, 4) is 0 Å². The zero-order valence-electron chi connectivity index (χ0n) is 11.2. The van der Waals surface area contributed by atoms with Gasteiger partial charge < -0.3 is 20.1 Å². The summed E-state index contributed by atoms with van der Waals surface area (Å²) < 4.78 is 5.08. The van der Waals surface area contributed by atoms with Crippen LogP contribution < -0.4 is 5.32 Å². The minimum absolute atomic E-state index is 0.0515. The summed E-state index contributed by atoms with van der Waals surface area (Å²) in [6.45, 7) is 2.01. The van der Waals surface area contributed by atoms with E-state index < -0.39 is 5.97 Å². The van der Waals surface area contributed by atoms with Gasteiger partial charge in [0.1, 0.15) is 5.69 Å². The summed E-state index contributed by atoms with van der Waals surface area (Å²) in [7, 11) is 1.65. The van der Waals surface area contributed by atoms with E-state index in [1.165, 1.54) is 18.3 Å². The summed E-state index contributed by atoms with van der Waals surface area (Å²) >= 11 is 0. The molecular weight excluding hydrogens is 262 g/mol. The lowest BCUT2D eigenvalue weighted by Crippen LogP contribution is -2.33. The fourth-order valence-electron chi connectivity index (χ4n) is 2.19. The molecule has 1 unspecified atom stereocenters. The molecule has 7 nitrogen and oxygen atoms in total. The number of carbonyl (C=O) groups excluding carboxylic acids is 1. The summed E-state index contributed by atoms with van der Waals surface area (Å²) in [5.74, 6) is -0.719. The molecule has 0 radical (unpaired) electrons. The highest BCUT2D eigenvalue weighted by Crippen LogP contribution is 2.17. The fourth-order valence-corrected chi connectivity index (χ4v) is 2.19. The van der Waals surface area contributed by atoms with Crippen molar-refractivity contribution in [1.29, 1.82) is 0 Å². The number of amides is 2. The molecule has 7 heteroatoms. The number of rotatable bonds is 4. The van der Waals surface area contributed by atoms with Gasteiger partial charge in [-0.05, 0) is 18.6 Å². The van der Waals surface area contributed by atoms with E-state index in [1.807, 2.05) is 0 Å². The number of nitrogens with one attached hydrogen (secondary N) is 1. The van der Waals surface area contributed by atoms with Gasteiger partial charge in [0.15, 0.2) is 0 Å². The number of methoxy groups -OCH3 is 1. The van der Waals surface area contributed by atoms with Crippen molar-refractivity contribution in [2.24, 2.45) is 5.92 Å². The van der Waals surface area contributed by atoms with Crippen molar-refractivity contribution in [3.63, 3.8) is 0 Å². The van der Waals surface area contributed by atoms with Gasteiger partial charge in [-0.3, -0.25) is 0 Å². The van der Waals surface area contributed by atoms with Gasteiger partial charge in [-0.2, -0.15) is 0 Å². The maximum atomic E-state index is 12.0. The number of hydrogen-bond acceptors (Lipinski definition) is 4. The van der Waals surface area contributed by atoms with E-state index in [1.54, 1.807) is 12.0 Å². The smallest absolute Gasteiger partial charge is 0.354 e. The van der Waals surface area contributed by atoms with Crippen LogP contribution in [0.25, 0.3) is 0 Å². The zero-order valence-corrected chi connectivity index (χ0v) is 11.2. The lowest BCUT2D eigenvalue weighted by atomic mass is 10.1. The molecule has 0 aromatic carbocycles. The third-order valence-corrected chi connectivity index (χ3v) is 3.21. The van der Waals surface area contributed by atoms with Gasteiger partial charge in [0.25, 0.3) is 0 Å². The Labute approximate surface area is 116 Å². The van der Waals surface area contributed by atoms with Gasteiger partial charge in [-0.25, -0.2) is 14.6 Å². The number of aromatic carboxylic acids is 1. The Morgan fingerprint density at radius 3 is 2.95 bits per heavy atom. The molecule has 0 spiro atoms. The van der Waals surface area contributed by atoms with Crippen molar-refractivity contribution in [2.75, 3.05) is 32.1 Å². The highest BCUT2D eigenvalue weighted by molar-refractivity contribution is 5.90. The number of hydrogen-bond donors (Lipinski definition) is 2. The molecule has 1 aliphatic rings. The van der Waals surface area contributed by atoms with E-state index in [-0.39, 0.29) is 11.7 Å². The van der Waals surface area contributed by atoms with Crippen LogP contribution >= 0.6 is 0 Å². The minimum Gasteiger partial charge on any atom is -0.477 e. The van der Waals surface area contributed by atoms with Gasteiger partial charge in [0.05, 0.1) is 18.5 Å². The Kier molecular flexibility index (Phi) is 4.52. The van der Waals surface area contributed by atoms with Crippen molar-refractivity contribution in [1.82, 2.24) is 9.88 Å². The molecule has 1 atom stereocenters. The molecule has 2 amide bonds. The number of carboxylic acid groups (broad SMARTS) is 1. The van der Waals surface area contributed by atoms with E-state index in [0.29, 0.717) is 31.3 Å². The maximum absolute atomic E-state index is 12.0. The molecular formula is C13H17N3O4. The number of nitrogens with zero attached hydrogens (tertiary/aromatic N) is 2. The van der Waals surface area contributed by atoms with Crippen LogP contribution in [-0.2, 0) is 4.74 Å². The largest absolute Gasteiger partial charge is 0.477 e. The fraction of sp³-hybridized carbons (Fsp3) is 0.462. The third kappa shape index (κ3) is 3.45. The molecule has 2 heterocycles. The first-order valence-corrected chi connectivity index (χ1v) is 6.34. The molecule has 2 rings (SSSR count). The molecule has 20 heavy (non-hydrogen) atoms. The first kappa shape index (κ1) is 14.3. The van der Waals surface area contributed by atoms with E-state index in [9.17, 15) is 9.59 Å². The third-order valence-electron chi connectivity index (χ3n) is 3.21. The summed E-state index contributed by atoms with van der Waals surface area (Å²) in [6.07, 6.45) is 2.27. The summed E-state index contributed by atoms with van der Waals surface area (Å²) in [5.41, 5.74) is 0.430. The highest BCUT2D eigenvalue weighted by Gasteiger charge is 2.26. The second kappa shape index (κ2) is 6.33. The number of urea groups is 1. The Balaban J connectivity index is 1.90. The SMILES string of the molecule is COCC1CCN(C(=O)Nc2ccc(C(=O)O)nc2)C1. The second-order valence-corrected chi connectivity index (χ2v) is 4.72. The highest BCUT2D eigenvalue weighted by atomic mass is 16.5. The van der Waals surface area contributed by atoms with Crippen LogP contribution in [0.5, 0.6) is 0 Å². The normalized spacial score (nSPS) is 18.1. The maximum Gasteiger partial charge on any atom is 0.354 e. The Morgan fingerprint density at radius 2 is 2.35 bits per heavy atom. The molecule has 0 bridgehead atoms. The molecule has 1 aromatic heterocycles. The predicted molar refractivity (Wildman–Crippen MR) is 71.8 cm³/mol. The molecule has 108 valence electrons. The van der Waals surface area contributed by atoms with E-state index in [4.69, 9.17) is 9.84 Å². The number of pyridine rings is 1. The van der Waals surface area contributed by atoms with E-state index >= 15 is 0 Å². The van der Waals surface area contributed by atoms with E-state index in [0.717, 1.165) is 6.42 Å². The Bertz CT molecular complexity index is 489. The molecule has 0 aliphatic carbocycles. The standard InChI is InChI=1S/C13H17N3O4/c1-20-8-9-4-5-16(7-9)13(19)15-10-2-3-11(12(17)18)14-6-10/h2-3,6,9H,4-5,7-8H2,1H3,(H,15,19)(H,17,18). The Hall–Kier alpha value is -2.15. The van der Waals surface area contributed by atoms with Crippen molar-refractivity contribution >= 4 is 17.7 Å². The van der Waals surface area contributed by atoms with Crippen LogP contribution in [0.4, 0.5) is 10.5 Å². The second-order valence-electron chi connectivity index (χ2n) is 4.72. The molecule has 0 saturated carbocycles. The van der Waals surface area contributed by atoms with Crippen molar-refractivity contribution in [2.45, 2.75) is 6.42 Å². The lowest BCUT2D eigenvalue weighted by molar-refractivity contribution is 0.0690. The number of carboxylic acids is 1. The predicted octanol–water partition coefficient (Wildman–Crippen LogP) is 1.28. The van der Waals surface area contributed by atoms with Crippen LogP contribution in [-0.4, -0.2) is 53.8 Å². The first-order chi connectivity index (χ1) is 9.60. The van der Waals surface area contributed by atoms with Crippen LogP contribution in [0.1, 0.15) is 16.9 Å². The average molecular weight is 279 g/mol. The number of anilines is 1. The molecule has 1 saturated heterocycles. The molecule has 1 aromatic rings. The van der Waals surface area contributed by atoms with Crippen LogP contribution in [0.3, 0.4) is 0 Å². The topological polar surface area (TPSA) is 91.8 Å². The van der Waals surface area contributed by atoms with Gasteiger partial charge in [0, 0.05) is 26.1 Å². The van der Waals surface area contributed by atoms with Crippen LogP contribution in [0.2, 0.25) is 0 Å². The summed E-state index contributed by atoms with van der Waals surface area (Å²) in [5, 5.41) is 11.4. The zero-order chi connectivity index (χ0) is 14.5. The summed E-state index contributed by atoms with van der Waals surface area (Å²) in [4.78, 5) is 28.2. The first-order valence-electron chi connectivity index (χ1n) is 6.34. The average Bonchev–Trinajstić information content (AvgIpc) is 2.88. The van der Waals surface area contributed by atoms with Crippen LogP contribution in [0.15, 0.2) is 18.3 Å². The van der Waals surface area contributed by atoms with Gasteiger partial charge in [0.2, 0.25) is 0 Å². The van der Waals surface area contributed by atoms with Gasteiger partial charge in [-0.15, -0.1) is 0 Å². The van der Waals surface area contributed by atoms with E-state index in [2.05, 4.69) is 10.3 Å². The molecule has 1 aliphatic heterocycles. The number of carbonyl (C=O) groups is 2. The monoisotopic (exact) mass is 279 g/mol. The van der Waals surface area contributed by atoms with Crippen molar-refractivity contribution < 1.29 is 19.4 Å². The van der Waals surface area contributed by atoms with Crippen molar-refractivity contribution in [3.05, 3.63) is 24.0 Å². The summed E-state index contributed by atoms with van der Waals surface area (Å²) in [6, 6.07) is 2.68. The number of ether oxygens (including phenoxy) is 1. The van der Waals surface area contributed by atoms with Crippen LogP contribution in [0, 0.1) is 5.92 Å². The van der Waals surface area contributed by atoms with Gasteiger partial charge in [-0.1, -0.05) is 0 Å². The quantitative estimate of drug-likeness (QED) is 0.866. The Morgan fingerprint density at radius 1 is 1.55 bits per heavy atom. The molecule has 2 N–H and O–H groups in total. The number of likely N-dealkylation sites (tertiary alicyclic amines) is 1. The molecule has 1 fully saturated rings. The lowest BCUT2D eigenvalue weighted by Gasteiger charge is -2.17. The minimum atomic E-state index is -1.09.